The Morgan fingerprint density at radius 3 is 2.71 bits per heavy atom. The minimum absolute atomic E-state index is 0.306. The molecule has 0 radical (unpaired) electrons. The number of aromatic nitrogens is 2. The summed E-state index contributed by atoms with van der Waals surface area (Å²) in [5.41, 5.74) is 10.7. The van der Waals surface area contributed by atoms with E-state index in [0.717, 1.165) is 16.9 Å². The van der Waals surface area contributed by atoms with Gasteiger partial charge in [-0.25, -0.2) is 4.98 Å². The van der Waals surface area contributed by atoms with Crippen molar-refractivity contribution in [3.63, 3.8) is 0 Å². The van der Waals surface area contributed by atoms with Crippen molar-refractivity contribution < 1.29 is 0 Å². The molecule has 1 aliphatic carbocycles. The van der Waals surface area contributed by atoms with E-state index < -0.39 is 0 Å². The molecule has 3 N–H and O–H groups in total. The maximum absolute atomic E-state index is 6.40. The summed E-state index contributed by atoms with van der Waals surface area (Å²) in [7, 11) is 0. The van der Waals surface area contributed by atoms with Crippen LogP contribution in [0.15, 0.2) is 12.1 Å². The van der Waals surface area contributed by atoms with Crippen LogP contribution < -0.4 is 5.73 Å². The second-order valence-electron chi connectivity index (χ2n) is 5.62. The fourth-order valence-corrected chi connectivity index (χ4v) is 2.60. The molecule has 1 heterocycles. The minimum Gasteiger partial charge on any atom is -0.340 e. The van der Waals surface area contributed by atoms with Crippen LogP contribution in [-0.2, 0) is 5.54 Å². The van der Waals surface area contributed by atoms with Gasteiger partial charge in [-0.15, -0.1) is 0 Å². The van der Waals surface area contributed by atoms with E-state index in [9.17, 15) is 0 Å². The van der Waals surface area contributed by atoms with Crippen LogP contribution >= 0.6 is 0 Å². The van der Waals surface area contributed by atoms with Crippen LogP contribution in [-0.4, -0.2) is 9.97 Å². The van der Waals surface area contributed by atoms with E-state index in [1.54, 1.807) is 0 Å². The zero-order valence-electron chi connectivity index (χ0n) is 10.7. The molecule has 2 aromatic rings. The molecule has 17 heavy (non-hydrogen) atoms. The first kappa shape index (κ1) is 10.8. The Morgan fingerprint density at radius 1 is 1.35 bits per heavy atom. The highest BCUT2D eigenvalue weighted by Gasteiger charge is 2.41. The third-order valence-corrected chi connectivity index (χ3v) is 3.86. The molecule has 3 nitrogen and oxygen atoms in total. The lowest BCUT2D eigenvalue weighted by Crippen LogP contribution is -2.36. The largest absolute Gasteiger partial charge is 0.340 e. The maximum Gasteiger partial charge on any atom is 0.127 e. The van der Waals surface area contributed by atoms with Gasteiger partial charge in [0.1, 0.15) is 5.82 Å². The van der Waals surface area contributed by atoms with E-state index in [1.165, 1.54) is 24.0 Å². The molecular formula is C14H19N3. The summed E-state index contributed by atoms with van der Waals surface area (Å²) in [4.78, 5) is 8.11. The number of hydrogen-bond donors (Lipinski definition) is 2. The quantitative estimate of drug-likeness (QED) is 0.832. The number of aryl methyl sites for hydroxylation is 2. The Morgan fingerprint density at radius 2 is 2.06 bits per heavy atom. The molecule has 0 saturated heterocycles. The number of imidazole rings is 1. The summed E-state index contributed by atoms with van der Waals surface area (Å²) in [5.74, 6) is 1.52. The molecule has 1 unspecified atom stereocenters. The highest BCUT2D eigenvalue weighted by atomic mass is 15.0. The van der Waals surface area contributed by atoms with Crippen LogP contribution in [0.5, 0.6) is 0 Å². The van der Waals surface area contributed by atoms with Crippen molar-refractivity contribution >= 4 is 11.0 Å². The molecule has 0 spiro atoms. The lowest BCUT2D eigenvalue weighted by molar-refractivity contribution is 0.405. The third-order valence-electron chi connectivity index (χ3n) is 3.86. The van der Waals surface area contributed by atoms with Crippen LogP contribution in [0.1, 0.15) is 36.7 Å². The lowest BCUT2D eigenvalue weighted by atomic mass is 9.97. The summed E-state index contributed by atoms with van der Waals surface area (Å²) in [6, 6.07) is 4.31. The number of aromatic amines is 1. The summed E-state index contributed by atoms with van der Waals surface area (Å²) < 4.78 is 0. The Labute approximate surface area is 101 Å². The summed E-state index contributed by atoms with van der Waals surface area (Å²) in [6.07, 6.45) is 2.45. The van der Waals surface area contributed by atoms with Crippen molar-refractivity contribution in [3.8, 4) is 0 Å². The van der Waals surface area contributed by atoms with E-state index in [-0.39, 0.29) is 5.54 Å². The van der Waals surface area contributed by atoms with Crippen LogP contribution in [0, 0.1) is 19.8 Å². The third kappa shape index (κ3) is 1.65. The monoisotopic (exact) mass is 229 g/mol. The van der Waals surface area contributed by atoms with Gasteiger partial charge in [-0.2, -0.15) is 0 Å². The molecular weight excluding hydrogens is 210 g/mol. The van der Waals surface area contributed by atoms with E-state index >= 15 is 0 Å². The van der Waals surface area contributed by atoms with Gasteiger partial charge in [0.05, 0.1) is 16.6 Å². The molecule has 1 fully saturated rings. The Bertz CT molecular complexity index is 576. The smallest absolute Gasteiger partial charge is 0.127 e. The molecule has 0 amide bonds. The van der Waals surface area contributed by atoms with Gasteiger partial charge in [-0.1, -0.05) is 6.07 Å². The molecule has 1 aromatic heterocycles. The van der Waals surface area contributed by atoms with Gasteiger partial charge in [0.2, 0.25) is 0 Å². The Balaban J connectivity index is 2.16. The van der Waals surface area contributed by atoms with Crippen molar-refractivity contribution in [2.45, 2.75) is 39.2 Å². The highest BCUT2D eigenvalue weighted by Crippen LogP contribution is 2.43. The fraction of sp³-hybridized carbons (Fsp3) is 0.500. The first-order valence-electron chi connectivity index (χ1n) is 6.25. The van der Waals surface area contributed by atoms with Crippen molar-refractivity contribution in [3.05, 3.63) is 29.1 Å². The standard InChI is InChI=1S/C14H19N3/c1-8-6-9(2)12-11(7-8)16-13(17-12)14(3,15)10-4-5-10/h6-7,10H,4-5,15H2,1-3H3,(H,16,17). The number of nitrogens with two attached hydrogens (primary N) is 1. The van der Waals surface area contributed by atoms with Crippen LogP contribution in [0.4, 0.5) is 0 Å². The highest BCUT2D eigenvalue weighted by molar-refractivity contribution is 5.79. The van der Waals surface area contributed by atoms with Crippen molar-refractivity contribution in [2.75, 3.05) is 0 Å². The van der Waals surface area contributed by atoms with Gasteiger partial charge < -0.3 is 10.7 Å². The molecule has 3 heteroatoms. The maximum atomic E-state index is 6.40. The fourth-order valence-electron chi connectivity index (χ4n) is 2.60. The van der Waals surface area contributed by atoms with Crippen LogP contribution in [0.2, 0.25) is 0 Å². The predicted octanol–water partition coefficient (Wildman–Crippen LogP) is 2.76. The van der Waals surface area contributed by atoms with Crippen molar-refractivity contribution in [1.82, 2.24) is 9.97 Å². The number of fused-ring (bicyclic) bond motifs is 1. The van der Waals surface area contributed by atoms with E-state index in [2.05, 4.69) is 37.9 Å². The normalized spacial score (nSPS) is 19.5. The zero-order valence-corrected chi connectivity index (χ0v) is 10.7. The second-order valence-corrected chi connectivity index (χ2v) is 5.62. The number of nitrogens with zero attached hydrogens (tertiary/aromatic N) is 1. The van der Waals surface area contributed by atoms with Gasteiger partial charge in [0.15, 0.2) is 0 Å². The summed E-state index contributed by atoms with van der Waals surface area (Å²) in [5, 5.41) is 0. The van der Waals surface area contributed by atoms with Crippen LogP contribution in [0.3, 0.4) is 0 Å². The Hall–Kier alpha value is -1.35. The van der Waals surface area contributed by atoms with E-state index in [1.807, 2.05) is 0 Å². The number of nitrogens with one attached hydrogen (secondary N) is 1. The van der Waals surface area contributed by atoms with Crippen molar-refractivity contribution in [2.24, 2.45) is 11.7 Å². The number of hydrogen-bond acceptors (Lipinski definition) is 2. The first-order chi connectivity index (χ1) is 7.98. The SMILES string of the molecule is Cc1cc(C)c2nc(C(C)(N)C3CC3)[nH]c2c1. The Kier molecular flexibility index (Phi) is 2.11. The molecule has 1 aromatic carbocycles. The summed E-state index contributed by atoms with van der Waals surface area (Å²) >= 11 is 0. The van der Waals surface area contributed by atoms with Gasteiger partial charge >= 0.3 is 0 Å². The van der Waals surface area contributed by atoms with E-state index in [4.69, 9.17) is 10.7 Å². The van der Waals surface area contributed by atoms with Gasteiger partial charge in [0.25, 0.3) is 0 Å². The molecule has 3 rings (SSSR count). The van der Waals surface area contributed by atoms with Crippen LogP contribution in [0.25, 0.3) is 11.0 Å². The second kappa shape index (κ2) is 3.33. The predicted molar refractivity (Wildman–Crippen MR) is 69.8 cm³/mol. The number of rotatable bonds is 2. The van der Waals surface area contributed by atoms with Gasteiger partial charge in [-0.3, -0.25) is 0 Å². The zero-order chi connectivity index (χ0) is 12.2. The minimum atomic E-state index is -0.306. The van der Waals surface area contributed by atoms with Gasteiger partial charge in [0, 0.05) is 0 Å². The van der Waals surface area contributed by atoms with Crippen molar-refractivity contribution in [1.29, 1.82) is 0 Å². The number of H-pyrrole nitrogens is 1. The van der Waals surface area contributed by atoms with E-state index in [0.29, 0.717) is 5.92 Å². The number of benzene rings is 1. The summed E-state index contributed by atoms with van der Waals surface area (Å²) in [6.45, 7) is 6.30. The average molecular weight is 229 g/mol. The molecule has 0 bridgehead atoms. The molecule has 0 aliphatic heterocycles. The van der Waals surface area contributed by atoms with Gasteiger partial charge in [-0.05, 0) is 56.7 Å². The molecule has 1 atom stereocenters. The average Bonchev–Trinajstić information content (AvgIpc) is 2.99. The molecule has 1 saturated carbocycles. The molecule has 90 valence electrons. The molecule has 1 aliphatic rings. The first-order valence-corrected chi connectivity index (χ1v) is 6.25. The topological polar surface area (TPSA) is 54.7 Å². The lowest BCUT2D eigenvalue weighted by Gasteiger charge is -2.21.